The van der Waals surface area contributed by atoms with Crippen LogP contribution in [0.3, 0.4) is 0 Å². The van der Waals surface area contributed by atoms with Crippen LogP contribution < -0.4 is 0 Å². The molecular weight excluding hydrogens is 603 g/mol. The molecule has 1 aliphatic rings. The molecule has 7 aromatic carbocycles. The van der Waals surface area contributed by atoms with Crippen LogP contribution in [-0.4, -0.2) is 15.0 Å². The van der Waals surface area contributed by atoms with Crippen molar-refractivity contribution in [1.82, 2.24) is 15.0 Å². The van der Waals surface area contributed by atoms with Gasteiger partial charge < -0.3 is 0 Å². The predicted molar refractivity (Wildman–Crippen MR) is 198 cm³/mol. The molecule has 2 aromatic heterocycles. The van der Waals surface area contributed by atoms with Gasteiger partial charge in [0.25, 0.3) is 0 Å². The van der Waals surface area contributed by atoms with Gasteiger partial charge >= 0.3 is 0 Å². The molecule has 0 spiro atoms. The van der Waals surface area contributed by atoms with Crippen molar-refractivity contribution in [3.63, 3.8) is 0 Å². The minimum Gasteiger partial charge on any atom is -0.211 e. The zero-order valence-corrected chi connectivity index (χ0v) is 26.7. The monoisotopic (exact) mass is 629 g/mol. The number of fused-ring (bicyclic) bond motifs is 7. The topological polar surface area (TPSA) is 38.7 Å². The molecule has 3 nitrogen and oxygen atoms in total. The average molecular weight is 630 g/mol. The number of nitrogens with zero attached hydrogens (tertiary/aromatic N) is 3. The van der Waals surface area contributed by atoms with Crippen LogP contribution in [0.4, 0.5) is 0 Å². The van der Waals surface area contributed by atoms with Crippen molar-refractivity contribution in [3.8, 4) is 33.9 Å². The summed E-state index contributed by atoms with van der Waals surface area (Å²) in [5.41, 5.74) is 7.09. The third-order valence-electron chi connectivity index (χ3n) is 9.77. The molecule has 0 atom stereocenters. The van der Waals surface area contributed by atoms with Crippen molar-refractivity contribution in [1.29, 1.82) is 0 Å². The maximum absolute atomic E-state index is 5.47. The van der Waals surface area contributed by atoms with E-state index in [4.69, 9.17) is 15.0 Å². The summed E-state index contributed by atoms with van der Waals surface area (Å²) in [6, 6.07) is 58.3. The van der Waals surface area contributed by atoms with Crippen molar-refractivity contribution in [3.05, 3.63) is 186 Å². The smallest absolute Gasteiger partial charge is 0.163 e. The van der Waals surface area contributed by atoms with E-state index in [1.54, 1.807) is 0 Å². The van der Waals surface area contributed by atoms with Crippen LogP contribution in [0.2, 0.25) is 0 Å². The van der Waals surface area contributed by atoms with Crippen LogP contribution in [0.1, 0.15) is 22.5 Å². The van der Waals surface area contributed by atoms with Crippen molar-refractivity contribution in [2.45, 2.75) is 5.41 Å². The summed E-state index contributed by atoms with van der Waals surface area (Å²) in [6.45, 7) is 0. The van der Waals surface area contributed by atoms with Gasteiger partial charge in [0.05, 0.1) is 0 Å². The molecule has 0 unspecified atom stereocenters. The van der Waals surface area contributed by atoms with E-state index in [-0.39, 0.29) is 0 Å². The fourth-order valence-corrected chi connectivity index (χ4v) is 8.69. The van der Waals surface area contributed by atoms with E-state index in [9.17, 15) is 0 Å². The van der Waals surface area contributed by atoms with Crippen molar-refractivity contribution >= 4 is 42.3 Å². The maximum Gasteiger partial charge on any atom is 0.163 e. The van der Waals surface area contributed by atoms with Gasteiger partial charge in [-0.25, -0.2) is 15.0 Å². The largest absolute Gasteiger partial charge is 0.211 e. The van der Waals surface area contributed by atoms with E-state index >= 15 is 0 Å². The van der Waals surface area contributed by atoms with Gasteiger partial charge in [-0.15, -0.1) is 11.3 Å². The highest BCUT2D eigenvalue weighted by atomic mass is 32.1. The van der Waals surface area contributed by atoms with Crippen LogP contribution in [0.5, 0.6) is 0 Å². The normalized spacial score (nSPS) is 13.2. The lowest BCUT2D eigenvalue weighted by atomic mass is 9.71. The maximum atomic E-state index is 5.47. The second kappa shape index (κ2) is 10.5. The number of hydrogen-bond donors (Lipinski definition) is 0. The first kappa shape index (κ1) is 27.2. The SMILES string of the molecule is c1ccc(C2(c3nc(-c4ccc5ccccc5c4)nc(-c4ccc5sc6ccccc6c5c4)n3)c3ccccc3-c3ccccc32)cc1. The third-order valence-corrected chi connectivity index (χ3v) is 10.9. The molecule has 0 aliphatic heterocycles. The molecular formula is C44H27N3S. The zero-order chi connectivity index (χ0) is 31.7. The predicted octanol–water partition coefficient (Wildman–Crippen LogP) is 11.1. The Morgan fingerprint density at radius 3 is 1.77 bits per heavy atom. The van der Waals surface area contributed by atoms with Gasteiger partial charge in [0.15, 0.2) is 17.5 Å². The molecule has 0 bridgehead atoms. The Morgan fingerprint density at radius 1 is 0.417 bits per heavy atom. The van der Waals surface area contributed by atoms with Crippen LogP contribution in [0.25, 0.3) is 64.8 Å². The lowest BCUT2D eigenvalue weighted by Gasteiger charge is -2.32. The van der Waals surface area contributed by atoms with Crippen molar-refractivity contribution in [2.24, 2.45) is 0 Å². The zero-order valence-electron chi connectivity index (χ0n) is 25.8. The summed E-state index contributed by atoms with van der Waals surface area (Å²) >= 11 is 1.82. The molecule has 0 saturated carbocycles. The minimum atomic E-state index is -0.739. The Morgan fingerprint density at radius 2 is 1.00 bits per heavy atom. The average Bonchev–Trinajstić information content (AvgIpc) is 3.68. The van der Waals surface area contributed by atoms with Gasteiger partial charge in [0.1, 0.15) is 5.41 Å². The summed E-state index contributed by atoms with van der Waals surface area (Å²) in [5.74, 6) is 2.04. The lowest BCUT2D eigenvalue weighted by molar-refractivity contribution is 0.692. The minimum absolute atomic E-state index is 0.660. The van der Waals surface area contributed by atoms with E-state index in [2.05, 4.69) is 164 Å². The molecule has 0 radical (unpaired) electrons. The molecule has 10 rings (SSSR count). The first-order valence-corrected chi connectivity index (χ1v) is 17.0. The standard InChI is InChI=1S/C44H27N3S/c1-2-14-32(15-3-1)44(37-19-9-6-16-33(37)34-17-7-10-20-38(34)44)43-46-41(30-23-22-28-12-4-5-13-29(28)26-30)45-42(47-43)31-24-25-40-36(27-31)35-18-8-11-21-39(35)48-40/h1-27H. The number of benzene rings is 7. The van der Waals surface area contributed by atoms with Crippen molar-refractivity contribution < 1.29 is 0 Å². The van der Waals surface area contributed by atoms with E-state index < -0.39 is 5.41 Å². The Balaban J connectivity index is 1.31. The van der Waals surface area contributed by atoms with E-state index in [0.717, 1.165) is 27.9 Å². The molecule has 48 heavy (non-hydrogen) atoms. The molecule has 1 aliphatic carbocycles. The van der Waals surface area contributed by atoms with E-state index in [1.807, 2.05) is 11.3 Å². The Bertz CT molecular complexity index is 2650. The van der Waals surface area contributed by atoms with Gasteiger partial charge in [0.2, 0.25) is 0 Å². The molecule has 2 heterocycles. The number of aromatic nitrogens is 3. The number of thiophene rings is 1. The van der Waals surface area contributed by atoms with Gasteiger partial charge in [0, 0.05) is 31.3 Å². The Labute approximate surface area is 281 Å². The van der Waals surface area contributed by atoms with Crippen LogP contribution in [-0.2, 0) is 5.41 Å². The molecule has 0 fully saturated rings. The first-order valence-electron chi connectivity index (χ1n) is 16.2. The Kier molecular flexibility index (Phi) is 5.96. The molecule has 0 saturated heterocycles. The molecule has 9 aromatic rings. The highest BCUT2D eigenvalue weighted by molar-refractivity contribution is 7.25. The Hall–Kier alpha value is -5.97. The number of hydrogen-bond acceptors (Lipinski definition) is 4. The van der Waals surface area contributed by atoms with Crippen LogP contribution >= 0.6 is 11.3 Å². The van der Waals surface area contributed by atoms with E-state index in [1.165, 1.54) is 47.8 Å². The van der Waals surface area contributed by atoms with Crippen LogP contribution in [0, 0.1) is 0 Å². The quantitative estimate of drug-likeness (QED) is 0.194. The first-order chi connectivity index (χ1) is 23.8. The summed E-state index contributed by atoms with van der Waals surface area (Å²) in [6.07, 6.45) is 0. The third kappa shape index (κ3) is 3.96. The molecule has 4 heteroatoms. The van der Waals surface area contributed by atoms with Gasteiger partial charge in [-0.2, -0.15) is 0 Å². The number of rotatable bonds is 4. The highest BCUT2D eigenvalue weighted by Gasteiger charge is 2.48. The molecule has 0 amide bonds. The summed E-state index contributed by atoms with van der Waals surface area (Å²) in [7, 11) is 0. The summed E-state index contributed by atoms with van der Waals surface area (Å²) < 4.78 is 2.53. The second-order valence-corrected chi connectivity index (χ2v) is 13.5. The molecule has 0 N–H and O–H groups in total. The van der Waals surface area contributed by atoms with Gasteiger partial charge in [-0.3, -0.25) is 0 Å². The highest BCUT2D eigenvalue weighted by Crippen LogP contribution is 2.55. The van der Waals surface area contributed by atoms with E-state index in [0.29, 0.717) is 11.6 Å². The van der Waals surface area contributed by atoms with Gasteiger partial charge in [-0.1, -0.05) is 133 Å². The summed E-state index contributed by atoms with van der Waals surface area (Å²) in [5, 5.41) is 4.81. The summed E-state index contributed by atoms with van der Waals surface area (Å²) in [4.78, 5) is 16.2. The second-order valence-electron chi connectivity index (χ2n) is 12.4. The molecule has 224 valence electrons. The fourth-order valence-electron chi connectivity index (χ4n) is 7.60. The lowest BCUT2D eigenvalue weighted by Crippen LogP contribution is -2.31. The fraction of sp³-hybridized carbons (Fsp3) is 0.0227. The van der Waals surface area contributed by atoms with Gasteiger partial charge in [-0.05, 0) is 68.9 Å². The van der Waals surface area contributed by atoms with Crippen LogP contribution in [0.15, 0.2) is 164 Å². The van der Waals surface area contributed by atoms with Crippen molar-refractivity contribution in [2.75, 3.05) is 0 Å².